The molecule has 2 unspecified atom stereocenters. The average Bonchev–Trinajstić information content (AvgIpc) is 2.91. The molecule has 0 amide bonds. The molecule has 0 spiro atoms. The largest absolute Gasteiger partial charge is 0.476 e. The van der Waals surface area contributed by atoms with Crippen LogP contribution in [0.1, 0.15) is 18.4 Å². The van der Waals surface area contributed by atoms with Crippen molar-refractivity contribution in [3.63, 3.8) is 0 Å². The van der Waals surface area contributed by atoms with Crippen molar-refractivity contribution in [3.8, 4) is 5.75 Å². The van der Waals surface area contributed by atoms with Gasteiger partial charge in [0, 0.05) is 11.0 Å². The highest BCUT2D eigenvalue weighted by molar-refractivity contribution is 7.34. The molecule has 0 radical (unpaired) electrons. The summed E-state index contributed by atoms with van der Waals surface area (Å²) >= 11 is 0. The van der Waals surface area contributed by atoms with Crippen molar-refractivity contribution in [1.29, 1.82) is 0 Å². The molecule has 0 saturated heterocycles. The summed E-state index contributed by atoms with van der Waals surface area (Å²) in [5, 5.41) is 2.48. The Balaban J connectivity index is 1.89. The molecule has 0 saturated carbocycles. The maximum atomic E-state index is 6.11. The third-order valence-corrected chi connectivity index (χ3v) is 4.51. The molecule has 2 atom stereocenters. The first-order chi connectivity index (χ1) is 8.84. The Morgan fingerprint density at radius 1 is 1.17 bits per heavy atom. The number of hydrogen-bond donors (Lipinski definition) is 0. The quantitative estimate of drug-likeness (QED) is 0.564. The molecule has 1 nitrogen and oxygen atoms in total. The minimum absolute atomic E-state index is 0.536. The maximum absolute atomic E-state index is 6.11. The second-order valence-electron chi connectivity index (χ2n) is 4.76. The van der Waals surface area contributed by atoms with E-state index in [0.717, 1.165) is 5.75 Å². The molecular weight excluding hydrogens is 239 g/mol. The van der Waals surface area contributed by atoms with Gasteiger partial charge in [0.1, 0.15) is 5.75 Å². The highest BCUT2D eigenvalue weighted by Crippen LogP contribution is 2.37. The number of aryl methyl sites for hydroxylation is 1. The van der Waals surface area contributed by atoms with Crippen LogP contribution in [0, 0.1) is 6.92 Å². The number of benzene rings is 2. The van der Waals surface area contributed by atoms with Crippen molar-refractivity contribution >= 4 is 19.6 Å². The zero-order valence-corrected chi connectivity index (χ0v) is 11.5. The van der Waals surface area contributed by atoms with Crippen LogP contribution >= 0.6 is 8.81 Å². The Bertz CT molecular complexity index is 589. The van der Waals surface area contributed by atoms with Crippen molar-refractivity contribution < 1.29 is 4.52 Å². The molecule has 1 aliphatic rings. The normalized spacial score (nSPS) is 19.1. The summed E-state index contributed by atoms with van der Waals surface area (Å²) in [5.74, 6) is 1.06. The Morgan fingerprint density at radius 3 is 2.89 bits per heavy atom. The SMILES string of the molecule is Cc1ccc2ccccc2c1OPC1C=CCC1. The summed E-state index contributed by atoms with van der Waals surface area (Å²) in [5.41, 5.74) is 1.84. The van der Waals surface area contributed by atoms with E-state index in [1.165, 1.54) is 29.2 Å². The van der Waals surface area contributed by atoms with Crippen LogP contribution in [0.5, 0.6) is 5.75 Å². The lowest BCUT2D eigenvalue weighted by Gasteiger charge is -2.14. The fourth-order valence-corrected chi connectivity index (χ4v) is 3.39. The van der Waals surface area contributed by atoms with Crippen LogP contribution in [-0.4, -0.2) is 5.66 Å². The van der Waals surface area contributed by atoms with E-state index in [1.807, 2.05) is 0 Å². The lowest BCUT2D eigenvalue weighted by Crippen LogP contribution is -1.94. The summed E-state index contributed by atoms with van der Waals surface area (Å²) in [6, 6.07) is 12.7. The first kappa shape index (κ1) is 11.7. The van der Waals surface area contributed by atoms with Crippen LogP contribution in [0.25, 0.3) is 10.8 Å². The second-order valence-corrected chi connectivity index (χ2v) is 5.95. The smallest absolute Gasteiger partial charge is 0.133 e. The molecule has 0 bridgehead atoms. The predicted octanol–water partition coefficient (Wildman–Crippen LogP) is 4.84. The first-order valence-corrected chi connectivity index (χ1v) is 7.40. The van der Waals surface area contributed by atoms with E-state index >= 15 is 0 Å². The van der Waals surface area contributed by atoms with Gasteiger partial charge >= 0.3 is 0 Å². The Labute approximate surface area is 110 Å². The van der Waals surface area contributed by atoms with Crippen LogP contribution in [0.3, 0.4) is 0 Å². The van der Waals surface area contributed by atoms with Crippen molar-refractivity contribution in [3.05, 3.63) is 54.1 Å². The molecule has 0 fully saturated rings. The van der Waals surface area contributed by atoms with Crippen LogP contribution in [-0.2, 0) is 0 Å². The summed E-state index contributed by atoms with van der Waals surface area (Å²) < 4.78 is 6.11. The van der Waals surface area contributed by atoms with E-state index in [9.17, 15) is 0 Å². The van der Waals surface area contributed by atoms with E-state index in [0.29, 0.717) is 14.5 Å². The molecule has 3 rings (SSSR count). The number of allylic oxidation sites excluding steroid dienone is 2. The van der Waals surface area contributed by atoms with Gasteiger partial charge in [0.2, 0.25) is 0 Å². The molecule has 2 aromatic carbocycles. The van der Waals surface area contributed by atoms with E-state index in [2.05, 4.69) is 55.5 Å². The summed E-state index contributed by atoms with van der Waals surface area (Å²) in [4.78, 5) is 0. The predicted molar refractivity (Wildman–Crippen MR) is 79.8 cm³/mol. The monoisotopic (exact) mass is 256 g/mol. The molecule has 18 heavy (non-hydrogen) atoms. The zero-order valence-electron chi connectivity index (χ0n) is 10.5. The number of fused-ring (bicyclic) bond motifs is 1. The van der Waals surface area contributed by atoms with Crippen molar-refractivity contribution in [2.45, 2.75) is 25.4 Å². The molecule has 0 N–H and O–H groups in total. The van der Waals surface area contributed by atoms with Gasteiger partial charge in [-0.05, 0) is 30.7 Å². The second kappa shape index (κ2) is 5.12. The molecule has 2 aromatic rings. The summed E-state index contributed by atoms with van der Waals surface area (Å²) in [7, 11) is 0.536. The molecule has 0 aliphatic heterocycles. The summed E-state index contributed by atoms with van der Waals surface area (Å²) in [6.45, 7) is 2.12. The highest BCUT2D eigenvalue weighted by Gasteiger charge is 2.12. The van der Waals surface area contributed by atoms with Crippen LogP contribution < -0.4 is 4.52 Å². The standard InChI is InChI=1S/C16H17OP/c1-12-10-11-13-6-2-5-9-15(13)16(12)17-18-14-7-3-4-8-14/h2-3,5-7,9-11,14,18H,4,8H2,1H3. The van der Waals surface area contributed by atoms with E-state index in [-0.39, 0.29) is 0 Å². The van der Waals surface area contributed by atoms with Crippen molar-refractivity contribution in [1.82, 2.24) is 0 Å². The van der Waals surface area contributed by atoms with Crippen LogP contribution in [0.15, 0.2) is 48.6 Å². The topological polar surface area (TPSA) is 9.23 Å². The van der Waals surface area contributed by atoms with Gasteiger partial charge in [0.15, 0.2) is 0 Å². The zero-order chi connectivity index (χ0) is 12.4. The van der Waals surface area contributed by atoms with Crippen molar-refractivity contribution in [2.24, 2.45) is 0 Å². The van der Waals surface area contributed by atoms with Crippen LogP contribution in [0.2, 0.25) is 0 Å². The molecule has 1 aliphatic carbocycles. The Kier molecular flexibility index (Phi) is 3.34. The first-order valence-electron chi connectivity index (χ1n) is 6.42. The van der Waals surface area contributed by atoms with Crippen molar-refractivity contribution in [2.75, 3.05) is 0 Å². The van der Waals surface area contributed by atoms with E-state index < -0.39 is 0 Å². The van der Waals surface area contributed by atoms with Gasteiger partial charge in [0.05, 0.1) is 8.81 Å². The van der Waals surface area contributed by atoms with Gasteiger partial charge in [-0.3, -0.25) is 0 Å². The molecule has 0 aromatic heterocycles. The fourth-order valence-electron chi connectivity index (χ4n) is 2.35. The van der Waals surface area contributed by atoms with E-state index in [1.54, 1.807) is 0 Å². The Hall–Kier alpha value is -1.33. The molecule has 0 heterocycles. The number of hydrogen-bond acceptors (Lipinski definition) is 1. The van der Waals surface area contributed by atoms with Gasteiger partial charge in [-0.2, -0.15) is 0 Å². The van der Waals surface area contributed by atoms with E-state index in [4.69, 9.17) is 4.52 Å². The summed E-state index contributed by atoms with van der Waals surface area (Å²) in [6.07, 6.45) is 6.99. The lowest BCUT2D eigenvalue weighted by molar-refractivity contribution is 0.623. The van der Waals surface area contributed by atoms with Gasteiger partial charge in [-0.25, -0.2) is 0 Å². The third-order valence-electron chi connectivity index (χ3n) is 3.40. The Morgan fingerprint density at radius 2 is 2.06 bits per heavy atom. The highest BCUT2D eigenvalue weighted by atomic mass is 31.1. The third kappa shape index (κ3) is 2.28. The minimum atomic E-state index is 0.536. The fraction of sp³-hybridized carbons (Fsp3) is 0.250. The molecule has 2 heteroatoms. The molecule has 92 valence electrons. The average molecular weight is 256 g/mol. The van der Waals surface area contributed by atoms with Crippen LogP contribution in [0.4, 0.5) is 0 Å². The molecular formula is C16H17OP. The van der Waals surface area contributed by atoms with Gasteiger partial charge in [-0.15, -0.1) is 0 Å². The number of rotatable bonds is 3. The van der Waals surface area contributed by atoms with Gasteiger partial charge in [0.25, 0.3) is 0 Å². The van der Waals surface area contributed by atoms with Gasteiger partial charge in [-0.1, -0.05) is 48.6 Å². The lowest BCUT2D eigenvalue weighted by atomic mass is 10.1. The van der Waals surface area contributed by atoms with Gasteiger partial charge < -0.3 is 4.52 Å². The minimum Gasteiger partial charge on any atom is -0.476 e. The maximum Gasteiger partial charge on any atom is 0.133 e.